The Hall–Kier alpha value is -0.750. The molecule has 1 atom stereocenters. The van der Waals surface area contributed by atoms with E-state index < -0.39 is 23.2 Å². The fraction of sp³-hybridized carbons (Fsp3) is 0.462. The van der Waals surface area contributed by atoms with E-state index in [4.69, 9.17) is 11.6 Å². The number of halogens is 5. The highest BCUT2D eigenvalue weighted by Gasteiger charge is 2.35. The maximum absolute atomic E-state index is 12.9. The molecular weight excluding hydrogens is 358 g/mol. The highest BCUT2D eigenvalue weighted by atomic mass is 79.9. The van der Waals surface area contributed by atoms with Gasteiger partial charge in [0.05, 0.1) is 16.5 Å². The summed E-state index contributed by atoms with van der Waals surface area (Å²) < 4.78 is 38.9. The van der Waals surface area contributed by atoms with Crippen LogP contribution in [-0.2, 0) is 6.18 Å². The number of hydrogen-bond acceptors (Lipinski definition) is 1. The van der Waals surface area contributed by atoms with Gasteiger partial charge in [-0.3, -0.25) is 4.79 Å². The first kappa shape index (κ1) is 17.3. The zero-order valence-corrected chi connectivity index (χ0v) is 13.2. The van der Waals surface area contributed by atoms with Gasteiger partial charge in [0.25, 0.3) is 5.91 Å². The maximum atomic E-state index is 12.9. The SMILES string of the molecule is CC(C)C(Cl)CNC(=O)c1ccc(Br)cc1C(F)(F)F. The Kier molecular flexibility index (Phi) is 5.89. The molecule has 0 aliphatic heterocycles. The van der Waals surface area contributed by atoms with Gasteiger partial charge in [-0.25, -0.2) is 0 Å². The minimum absolute atomic E-state index is 0.115. The standard InChI is InChI=1S/C13H14BrClF3NO/c1-7(2)11(15)6-19-12(20)9-4-3-8(14)5-10(9)13(16,17)18/h3-5,7,11H,6H2,1-2H3,(H,19,20). The number of amides is 1. The molecule has 0 saturated heterocycles. The third-order valence-electron chi connectivity index (χ3n) is 2.71. The predicted molar refractivity (Wildman–Crippen MR) is 76.0 cm³/mol. The number of benzene rings is 1. The Morgan fingerprint density at radius 3 is 2.50 bits per heavy atom. The van der Waals surface area contributed by atoms with Crippen LogP contribution in [0.3, 0.4) is 0 Å². The van der Waals surface area contributed by atoms with E-state index in [0.717, 1.165) is 12.1 Å². The molecule has 1 rings (SSSR count). The molecular formula is C13H14BrClF3NO. The maximum Gasteiger partial charge on any atom is 0.417 e. The first-order valence-electron chi connectivity index (χ1n) is 5.92. The number of rotatable bonds is 4. The van der Waals surface area contributed by atoms with Gasteiger partial charge >= 0.3 is 6.18 Å². The van der Waals surface area contributed by atoms with Gasteiger partial charge in [0, 0.05) is 11.0 Å². The lowest BCUT2D eigenvalue weighted by atomic mass is 10.1. The van der Waals surface area contributed by atoms with Crippen LogP contribution in [-0.4, -0.2) is 17.8 Å². The molecule has 7 heteroatoms. The number of carbonyl (C=O) groups is 1. The average Bonchev–Trinajstić information content (AvgIpc) is 2.34. The molecule has 0 fully saturated rings. The molecule has 0 heterocycles. The van der Waals surface area contributed by atoms with Gasteiger partial charge in [-0.05, 0) is 24.1 Å². The van der Waals surface area contributed by atoms with Crippen LogP contribution in [0.25, 0.3) is 0 Å². The van der Waals surface area contributed by atoms with E-state index in [1.54, 1.807) is 0 Å². The third-order valence-corrected chi connectivity index (χ3v) is 3.86. The van der Waals surface area contributed by atoms with E-state index in [2.05, 4.69) is 21.2 Å². The van der Waals surface area contributed by atoms with Crippen LogP contribution in [0.5, 0.6) is 0 Å². The highest BCUT2D eigenvalue weighted by molar-refractivity contribution is 9.10. The van der Waals surface area contributed by atoms with Crippen LogP contribution >= 0.6 is 27.5 Å². The van der Waals surface area contributed by atoms with Crippen LogP contribution < -0.4 is 5.32 Å². The minimum atomic E-state index is -4.59. The lowest BCUT2D eigenvalue weighted by Crippen LogP contribution is -2.33. The van der Waals surface area contributed by atoms with Crippen molar-refractivity contribution in [2.24, 2.45) is 5.92 Å². The molecule has 0 saturated carbocycles. The van der Waals surface area contributed by atoms with Crippen molar-refractivity contribution in [1.29, 1.82) is 0 Å². The van der Waals surface area contributed by atoms with Crippen LogP contribution in [0.2, 0.25) is 0 Å². The summed E-state index contributed by atoms with van der Waals surface area (Å²) in [5, 5.41) is 2.10. The molecule has 2 nitrogen and oxygen atoms in total. The minimum Gasteiger partial charge on any atom is -0.351 e. The normalized spacial score (nSPS) is 13.4. The van der Waals surface area contributed by atoms with Crippen LogP contribution in [0, 0.1) is 5.92 Å². The summed E-state index contributed by atoms with van der Waals surface area (Å²) in [6.07, 6.45) is -4.59. The second-order valence-electron chi connectivity index (χ2n) is 4.66. The molecule has 1 N–H and O–H groups in total. The Bertz CT molecular complexity index is 491. The second-order valence-corrected chi connectivity index (χ2v) is 6.13. The highest BCUT2D eigenvalue weighted by Crippen LogP contribution is 2.33. The first-order valence-corrected chi connectivity index (χ1v) is 7.15. The molecule has 1 aromatic rings. The largest absolute Gasteiger partial charge is 0.417 e. The first-order chi connectivity index (χ1) is 9.12. The third kappa shape index (κ3) is 4.66. The van der Waals surface area contributed by atoms with E-state index in [9.17, 15) is 18.0 Å². The van der Waals surface area contributed by atoms with E-state index in [1.165, 1.54) is 6.07 Å². The Balaban J connectivity index is 2.93. The Labute approximate surface area is 128 Å². The summed E-state index contributed by atoms with van der Waals surface area (Å²) in [7, 11) is 0. The second kappa shape index (κ2) is 6.80. The summed E-state index contributed by atoms with van der Waals surface area (Å²) >= 11 is 8.92. The molecule has 0 radical (unpaired) electrons. The average molecular weight is 373 g/mol. The van der Waals surface area contributed by atoms with E-state index >= 15 is 0 Å². The molecule has 0 aliphatic carbocycles. The molecule has 20 heavy (non-hydrogen) atoms. The van der Waals surface area contributed by atoms with E-state index in [0.29, 0.717) is 0 Å². The monoisotopic (exact) mass is 371 g/mol. The number of alkyl halides is 4. The fourth-order valence-corrected chi connectivity index (χ4v) is 1.91. The Morgan fingerprint density at radius 2 is 2.00 bits per heavy atom. The molecule has 1 amide bonds. The van der Waals surface area contributed by atoms with Crippen molar-refractivity contribution in [3.05, 3.63) is 33.8 Å². The van der Waals surface area contributed by atoms with Crippen molar-refractivity contribution >= 4 is 33.4 Å². The van der Waals surface area contributed by atoms with Crippen molar-refractivity contribution < 1.29 is 18.0 Å². The van der Waals surface area contributed by atoms with Crippen molar-refractivity contribution in [3.8, 4) is 0 Å². The molecule has 0 spiro atoms. The lowest BCUT2D eigenvalue weighted by Gasteiger charge is -2.16. The summed E-state index contributed by atoms with van der Waals surface area (Å²) in [6, 6.07) is 3.42. The van der Waals surface area contributed by atoms with Crippen molar-refractivity contribution in [2.45, 2.75) is 25.4 Å². The van der Waals surface area contributed by atoms with Crippen LogP contribution in [0.15, 0.2) is 22.7 Å². The zero-order valence-electron chi connectivity index (χ0n) is 10.9. The predicted octanol–water partition coefficient (Wildman–Crippen LogP) is 4.46. The zero-order chi connectivity index (χ0) is 15.5. The summed E-state index contributed by atoms with van der Waals surface area (Å²) in [4.78, 5) is 11.9. The quantitative estimate of drug-likeness (QED) is 0.777. The molecule has 0 bridgehead atoms. The lowest BCUT2D eigenvalue weighted by molar-refractivity contribution is -0.138. The summed E-state index contributed by atoms with van der Waals surface area (Å²) in [5.74, 6) is -0.667. The summed E-state index contributed by atoms with van der Waals surface area (Å²) in [6.45, 7) is 3.85. The molecule has 112 valence electrons. The van der Waals surface area contributed by atoms with Gasteiger partial charge in [-0.2, -0.15) is 13.2 Å². The van der Waals surface area contributed by atoms with Crippen LogP contribution in [0.4, 0.5) is 13.2 Å². The smallest absolute Gasteiger partial charge is 0.351 e. The van der Waals surface area contributed by atoms with Gasteiger partial charge in [-0.1, -0.05) is 29.8 Å². The molecule has 0 aliphatic rings. The van der Waals surface area contributed by atoms with Crippen molar-refractivity contribution in [2.75, 3.05) is 6.54 Å². The van der Waals surface area contributed by atoms with Crippen molar-refractivity contribution in [1.82, 2.24) is 5.32 Å². The molecule has 1 unspecified atom stereocenters. The van der Waals surface area contributed by atoms with Crippen molar-refractivity contribution in [3.63, 3.8) is 0 Å². The molecule has 1 aromatic carbocycles. The van der Waals surface area contributed by atoms with Crippen LogP contribution in [0.1, 0.15) is 29.8 Å². The number of carbonyl (C=O) groups excluding carboxylic acids is 1. The topological polar surface area (TPSA) is 29.1 Å². The van der Waals surface area contributed by atoms with Gasteiger partial charge < -0.3 is 5.32 Å². The van der Waals surface area contributed by atoms with Gasteiger partial charge in [0.1, 0.15) is 0 Å². The fourth-order valence-electron chi connectivity index (χ4n) is 1.47. The van der Waals surface area contributed by atoms with Gasteiger partial charge in [-0.15, -0.1) is 11.6 Å². The Morgan fingerprint density at radius 1 is 1.40 bits per heavy atom. The van der Waals surface area contributed by atoms with E-state index in [1.807, 2.05) is 13.8 Å². The summed E-state index contributed by atoms with van der Waals surface area (Å²) in [5.41, 5.74) is -1.38. The molecule has 0 aromatic heterocycles. The van der Waals surface area contributed by atoms with E-state index in [-0.39, 0.29) is 22.3 Å². The van der Waals surface area contributed by atoms with Gasteiger partial charge in [0.2, 0.25) is 0 Å². The number of hydrogen-bond donors (Lipinski definition) is 1. The number of nitrogens with one attached hydrogen (secondary N) is 1. The van der Waals surface area contributed by atoms with Gasteiger partial charge in [0.15, 0.2) is 0 Å².